The van der Waals surface area contributed by atoms with Crippen LogP contribution in [0.3, 0.4) is 0 Å². The molecule has 0 spiro atoms. The molecule has 2 aromatic carbocycles. The maximum absolute atomic E-state index is 13.9. The Morgan fingerprint density at radius 1 is 1.12 bits per heavy atom. The fourth-order valence-corrected chi connectivity index (χ4v) is 5.50. The van der Waals surface area contributed by atoms with Crippen molar-refractivity contribution >= 4 is 17.7 Å². The fraction of sp³-hybridized carbons (Fsp3) is 0.280. The second-order valence-electron chi connectivity index (χ2n) is 8.84. The summed E-state index contributed by atoms with van der Waals surface area (Å²) >= 11 is 0. The lowest BCUT2D eigenvalue weighted by Crippen LogP contribution is -2.42. The molecule has 0 unspecified atom stereocenters. The Balaban J connectivity index is 1.38. The van der Waals surface area contributed by atoms with Gasteiger partial charge < -0.3 is 10.2 Å². The molecule has 33 heavy (non-hydrogen) atoms. The maximum Gasteiger partial charge on any atom is 0.254 e. The van der Waals surface area contributed by atoms with Crippen molar-refractivity contribution in [3.63, 3.8) is 0 Å². The van der Waals surface area contributed by atoms with Gasteiger partial charge in [0.2, 0.25) is 0 Å². The number of halogens is 3. The van der Waals surface area contributed by atoms with E-state index >= 15 is 0 Å². The second-order valence-corrected chi connectivity index (χ2v) is 8.84. The Bertz CT molecular complexity index is 1320. The average Bonchev–Trinajstić information content (AvgIpc) is 3.32. The third kappa shape index (κ3) is 3.00. The molecule has 3 aliphatic heterocycles. The van der Waals surface area contributed by atoms with Gasteiger partial charge in [-0.2, -0.15) is 5.10 Å². The molecular weight excluding hydrogens is 429 g/mol. The molecule has 3 aromatic rings. The highest BCUT2D eigenvalue weighted by atomic mass is 19.2. The van der Waals surface area contributed by atoms with Gasteiger partial charge >= 0.3 is 0 Å². The lowest BCUT2D eigenvalue weighted by atomic mass is 9.93. The summed E-state index contributed by atoms with van der Waals surface area (Å²) in [5.41, 5.74) is 5.05. The summed E-state index contributed by atoms with van der Waals surface area (Å²) in [6.07, 6.45) is 6.17. The largest absolute Gasteiger partial charge is 0.381 e. The van der Waals surface area contributed by atoms with Crippen LogP contribution in [0.25, 0.3) is 17.3 Å². The summed E-state index contributed by atoms with van der Waals surface area (Å²) in [5, 5.41) is 7.93. The number of amides is 1. The van der Waals surface area contributed by atoms with Gasteiger partial charge in [-0.1, -0.05) is 12.2 Å². The van der Waals surface area contributed by atoms with E-state index in [1.807, 2.05) is 35.3 Å². The Hall–Kier alpha value is -3.55. The topological polar surface area (TPSA) is 50.2 Å². The predicted octanol–water partition coefficient (Wildman–Crippen LogP) is 4.85. The molecule has 1 aromatic heterocycles. The highest BCUT2D eigenvalue weighted by Gasteiger charge is 2.46. The standard InChI is InChI=1S/C25H21F3N4O/c1-31-24(15-10-18(26)22(28)19(27)11-15)17-12-16-5-7-21(23(17)30-31)32(16)25(33)14-4-6-20-13(9-14)3-2-8-29-20/h2-4,6,9-11,16,21,29H,5,7-8,12H2,1H3/t16-,21+/m1/s1. The Morgan fingerprint density at radius 2 is 1.91 bits per heavy atom. The number of carbonyl (C=O) groups is 1. The third-order valence-electron chi connectivity index (χ3n) is 6.93. The van der Waals surface area contributed by atoms with Gasteiger partial charge in [0.15, 0.2) is 17.5 Å². The van der Waals surface area contributed by atoms with Crippen molar-refractivity contribution in [1.82, 2.24) is 14.7 Å². The van der Waals surface area contributed by atoms with Crippen LogP contribution in [0, 0.1) is 17.5 Å². The predicted molar refractivity (Wildman–Crippen MR) is 118 cm³/mol. The number of hydrogen-bond acceptors (Lipinski definition) is 3. The van der Waals surface area contributed by atoms with Crippen LogP contribution >= 0.6 is 0 Å². The Kier molecular flexibility index (Phi) is 4.40. The average molecular weight is 450 g/mol. The van der Waals surface area contributed by atoms with E-state index < -0.39 is 17.5 Å². The van der Waals surface area contributed by atoms with Crippen molar-refractivity contribution in [2.45, 2.75) is 31.3 Å². The first-order chi connectivity index (χ1) is 15.9. The zero-order valence-electron chi connectivity index (χ0n) is 17.9. The van der Waals surface area contributed by atoms with E-state index in [-0.39, 0.29) is 23.6 Å². The minimum Gasteiger partial charge on any atom is -0.381 e. The first kappa shape index (κ1) is 20.1. The van der Waals surface area contributed by atoms with E-state index in [0.717, 1.165) is 54.0 Å². The van der Waals surface area contributed by atoms with Crippen molar-refractivity contribution in [2.24, 2.45) is 7.05 Å². The SMILES string of the molecule is Cn1nc2c(c1-c1cc(F)c(F)c(F)c1)C[C@H]1CC[C@@H]2N1C(=O)c1ccc2c(c1)C=CCN2. The van der Waals surface area contributed by atoms with E-state index in [0.29, 0.717) is 17.7 Å². The number of nitrogens with one attached hydrogen (secondary N) is 1. The number of hydrogen-bond donors (Lipinski definition) is 1. The molecule has 4 heterocycles. The number of rotatable bonds is 2. The van der Waals surface area contributed by atoms with Crippen LogP contribution in [-0.4, -0.2) is 33.2 Å². The van der Waals surface area contributed by atoms with Crippen LogP contribution in [0.15, 0.2) is 36.4 Å². The quantitative estimate of drug-likeness (QED) is 0.568. The fourth-order valence-electron chi connectivity index (χ4n) is 5.50. The number of carbonyl (C=O) groups excluding carboxylic acids is 1. The summed E-state index contributed by atoms with van der Waals surface area (Å²) in [7, 11) is 1.70. The van der Waals surface area contributed by atoms with Crippen LogP contribution in [0.5, 0.6) is 0 Å². The molecule has 2 bridgehead atoms. The van der Waals surface area contributed by atoms with E-state index in [2.05, 4.69) is 10.4 Å². The van der Waals surface area contributed by atoms with Gasteiger partial charge in [0.1, 0.15) is 0 Å². The summed E-state index contributed by atoms with van der Waals surface area (Å²) in [6, 6.07) is 7.45. The molecule has 5 nitrogen and oxygen atoms in total. The van der Waals surface area contributed by atoms with Gasteiger partial charge in [0.25, 0.3) is 5.91 Å². The number of aryl methyl sites for hydroxylation is 1. The highest BCUT2D eigenvalue weighted by molar-refractivity contribution is 5.96. The molecule has 8 heteroatoms. The molecule has 1 saturated heterocycles. The van der Waals surface area contributed by atoms with E-state index in [4.69, 9.17) is 0 Å². The minimum absolute atomic E-state index is 0.0298. The molecule has 0 saturated carbocycles. The number of nitrogens with zero attached hydrogens (tertiary/aromatic N) is 3. The molecule has 2 atom stereocenters. The highest BCUT2D eigenvalue weighted by Crippen LogP contribution is 2.47. The molecule has 1 fully saturated rings. The van der Waals surface area contributed by atoms with E-state index in [9.17, 15) is 18.0 Å². The Morgan fingerprint density at radius 3 is 2.70 bits per heavy atom. The van der Waals surface area contributed by atoms with Crippen molar-refractivity contribution in [2.75, 3.05) is 11.9 Å². The monoisotopic (exact) mass is 450 g/mol. The second kappa shape index (κ2) is 7.23. The molecule has 0 radical (unpaired) electrons. The zero-order valence-corrected chi connectivity index (χ0v) is 17.9. The lowest BCUT2D eigenvalue weighted by Gasteiger charge is -2.34. The number of benzene rings is 2. The van der Waals surface area contributed by atoms with Gasteiger partial charge in [-0.3, -0.25) is 9.48 Å². The van der Waals surface area contributed by atoms with Gasteiger partial charge in [0.05, 0.1) is 17.4 Å². The maximum atomic E-state index is 13.9. The minimum atomic E-state index is -1.48. The first-order valence-corrected chi connectivity index (χ1v) is 11.0. The van der Waals surface area contributed by atoms with Crippen molar-refractivity contribution in [3.05, 3.63) is 76.2 Å². The number of fused-ring (bicyclic) bond motifs is 5. The molecule has 3 aliphatic rings. The Labute approximate surface area is 188 Å². The molecular formula is C25H21F3N4O. The van der Waals surface area contributed by atoms with Crippen LogP contribution in [0.4, 0.5) is 18.9 Å². The molecule has 1 N–H and O–H groups in total. The van der Waals surface area contributed by atoms with Crippen molar-refractivity contribution in [1.29, 1.82) is 0 Å². The molecule has 1 amide bonds. The molecule has 6 rings (SSSR count). The van der Waals surface area contributed by atoms with Gasteiger partial charge in [0, 0.05) is 42.0 Å². The van der Waals surface area contributed by atoms with E-state index in [1.165, 1.54) is 0 Å². The third-order valence-corrected chi connectivity index (χ3v) is 6.93. The van der Waals surface area contributed by atoms with Gasteiger partial charge in [-0.05, 0) is 55.2 Å². The summed E-state index contributed by atoms with van der Waals surface area (Å²) < 4.78 is 42.9. The van der Waals surface area contributed by atoms with Gasteiger partial charge in [-0.25, -0.2) is 13.2 Å². The summed E-state index contributed by atoms with van der Waals surface area (Å²) in [5.74, 6) is -3.99. The zero-order chi connectivity index (χ0) is 22.9. The normalized spacial score (nSPS) is 20.4. The lowest BCUT2D eigenvalue weighted by molar-refractivity contribution is 0.0642. The summed E-state index contributed by atoms with van der Waals surface area (Å²) in [6.45, 7) is 0.767. The molecule has 168 valence electrons. The van der Waals surface area contributed by atoms with Crippen LogP contribution in [0.1, 0.15) is 46.1 Å². The van der Waals surface area contributed by atoms with Crippen molar-refractivity contribution < 1.29 is 18.0 Å². The molecule has 0 aliphatic carbocycles. The number of anilines is 1. The smallest absolute Gasteiger partial charge is 0.254 e. The number of aromatic nitrogens is 2. The summed E-state index contributed by atoms with van der Waals surface area (Å²) in [4.78, 5) is 15.5. The van der Waals surface area contributed by atoms with Crippen LogP contribution in [0.2, 0.25) is 0 Å². The first-order valence-electron chi connectivity index (χ1n) is 11.0. The van der Waals surface area contributed by atoms with Crippen molar-refractivity contribution in [3.8, 4) is 11.3 Å². The van der Waals surface area contributed by atoms with Crippen LogP contribution < -0.4 is 5.32 Å². The van der Waals surface area contributed by atoms with Crippen LogP contribution in [-0.2, 0) is 13.5 Å². The van der Waals surface area contributed by atoms with Gasteiger partial charge in [-0.15, -0.1) is 0 Å². The van der Waals surface area contributed by atoms with E-state index in [1.54, 1.807) is 11.7 Å².